The molecule has 0 unspecified atom stereocenters. The van der Waals surface area contributed by atoms with E-state index >= 15 is 0 Å². The summed E-state index contributed by atoms with van der Waals surface area (Å²) in [7, 11) is 0. The number of carbonyl (C=O) groups is 1. The van der Waals surface area contributed by atoms with Crippen molar-refractivity contribution >= 4 is 29.3 Å². The Labute approximate surface area is 128 Å². The second-order valence-electron chi connectivity index (χ2n) is 4.43. The van der Waals surface area contributed by atoms with Crippen LogP contribution in [0.25, 0.3) is 6.08 Å². The predicted octanol–water partition coefficient (Wildman–Crippen LogP) is 2.06. The average Bonchev–Trinajstić information content (AvgIpc) is 2.74. The molecule has 1 N–H and O–H groups in total. The Morgan fingerprint density at radius 2 is 2.24 bits per heavy atom. The van der Waals surface area contributed by atoms with E-state index < -0.39 is 0 Å². The van der Waals surface area contributed by atoms with Gasteiger partial charge in [-0.2, -0.15) is 5.26 Å². The molecule has 1 heterocycles. The number of hydrogen-bond donors (Lipinski definition) is 1. The molecule has 0 aromatic heterocycles. The Kier molecular flexibility index (Phi) is 4.90. The highest BCUT2D eigenvalue weighted by atomic mass is 32.1. The van der Waals surface area contributed by atoms with Gasteiger partial charge in [-0.3, -0.25) is 9.69 Å². The van der Waals surface area contributed by atoms with Crippen LogP contribution in [-0.2, 0) is 4.79 Å². The lowest BCUT2D eigenvalue weighted by molar-refractivity contribution is -0.122. The first-order valence-corrected chi connectivity index (χ1v) is 7.01. The maximum Gasteiger partial charge on any atom is 0.276 e. The Balaban J connectivity index is 2.27. The zero-order valence-corrected chi connectivity index (χ0v) is 12.4. The summed E-state index contributed by atoms with van der Waals surface area (Å²) in [6, 6.07) is 9.15. The van der Waals surface area contributed by atoms with Crippen molar-refractivity contribution in [3.63, 3.8) is 0 Å². The molecular weight excluding hydrogens is 286 g/mol. The van der Waals surface area contributed by atoms with Crippen LogP contribution >= 0.6 is 12.2 Å². The van der Waals surface area contributed by atoms with Crippen molar-refractivity contribution in [2.24, 2.45) is 0 Å². The third kappa shape index (κ3) is 3.38. The van der Waals surface area contributed by atoms with E-state index in [4.69, 9.17) is 22.2 Å². The number of carbonyl (C=O) groups excluding carboxylic acids is 1. The van der Waals surface area contributed by atoms with Crippen LogP contribution in [0.5, 0.6) is 5.75 Å². The number of nitrogens with one attached hydrogen (secondary N) is 1. The molecule has 6 heteroatoms. The van der Waals surface area contributed by atoms with E-state index in [-0.39, 0.29) is 12.5 Å². The highest BCUT2D eigenvalue weighted by Crippen LogP contribution is 2.22. The Hall–Kier alpha value is -2.39. The number of nitriles is 1. The lowest BCUT2D eigenvalue weighted by Crippen LogP contribution is -2.31. The van der Waals surface area contributed by atoms with Crippen molar-refractivity contribution in [2.75, 3.05) is 13.2 Å². The van der Waals surface area contributed by atoms with Gasteiger partial charge in [-0.1, -0.05) is 25.1 Å². The highest BCUT2D eigenvalue weighted by Gasteiger charge is 2.29. The molecular formula is C15H15N3O2S. The molecule has 1 aromatic carbocycles. The van der Waals surface area contributed by atoms with Crippen LogP contribution in [0.2, 0.25) is 0 Å². The molecule has 1 amide bonds. The number of amides is 1. The minimum Gasteiger partial charge on any atom is -0.478 e. The monoisotopic (exact) mass is 301 g/mol. The first-order valence-electron chi connectivity index (χ1n) is 6.60. The van der Waals surface area contributed by atoms with Crippen molar-refractivity contribution < 1.29 is 9.53 Å². The zero-order valence-electron chi connectivity index (χ0n) is 11.6. The van der Waals surface area contributed by atoms with Crippen LogP contribution in [0.1, 0.15) is 18.9 Å². The summed E-state index contributed by atoms with van der Waals surface area (Å²) in [6.45, 7) is 2.54. The maximum absolute atomic E-state index is 12.3. The summed E-state index contributed by atoms with van der Waals surface area (Å²) in [5.74, 6) is 0.415. The first kappa shape index (κ1) is 15.0. The number of benzene rings is 1. The molecule has 0 radical (unpaired) electrons. The van der Waals surface area contributed by atoms with Crippen molar-refractivity contribution in [3.05, 3.63) is 35.5 Å². The van der Waals surface area contributed by atoms with Crippen LogP contribution < -0.4 is 10.1 Å². The largest absolute Gasteiger partial charge is 0.478 e. The fourth-order valence-corrected chi connectivity index (χ4v) is 2.28. The van der Waals surface area contributed by atoms with Gasteiger partial charge in [-0.05, 0) is 30.8 Å². The fourth-order valence-electron chi connectivity index (χ4n) is 2.00. The molecule has 1 aliphatic rings. The third-order valence-electron chi connectivity index (χ3n) is 2.92. The fraction of sp³-hybridized carbons (Fsp3) is 0.267. The van der Waals surface area contributed by atoms with E-state index in [2.05, 4.69) is 5.32 Å². The van der Waals surface area contributed by atoms with Gasteiger partial charge in [0.05, 0.1) is 0 Å². The van der Waals surface area contributed by atoms with Crippen molar-refractivity contribution in [1.29, 1.82) is 5.26 Å². The molecule has 0 saturated carbocycles. The molecule has 0 aliphatic carbocycles. The summed E-state index contributed by atoms with van der Waals surface area (Å²) in [4.78, 5) is 13.8. The van der Waals surface area contributed by atoms with E-state index in [1.54, 1.807) is 17.0 Å². The molecule has 0 spiro atoms. The van der Waals surface area contributed by atoms with Crippen molar-refractivity contribution in [2.45, 2.75) is 13.3 Å². The quantitative estimate of drug-likeness (QED) is 0.666. The highest BCUT2D eigenvalue weighted by molar-refractivity contribution is 7.80. The van der Waals surface area contributed by atoms with E-state index in [1.165, 1.54) is 0 Å². The maximum atomic E-state index is 12.3. The van der Waals surface area contributed by atoms with Gasteiger partial charge < -0.3 is 10.1 Å². The molecule has 1 aliphatic heterocycles. The van der Waals surface area contributed by atoms with Gasteiger partial charge in [0.2, 0.25) is 0 Å². The number of rotatable bonds is 5. The minimum absolute atomic E-state index is 0.0397. The SMILES string of the molecule is CCCN1C(=O)/C(=C/c2ccccc2OCC#N)NC1=S. The normalized spacial score (nSPS) is 16.0. The summed E-state index contributed by atoms with van der Waals surface area (Å²) in [6.07, 6.45) is 2.53. The van der Waals surface area contributed by atoms with Crippen LogP contribution in [0.15, 0.2) is 30.0 Å². The Morgan fingerprint density at radius 1 is 1.48 bits per heavy atom. The van der Waals surface area contributed by atoms with Gasteiger partial charge in [-0.25, -0.2) is 0 Å². The van der Waals surface area contributed by atoms with Crippen LogP contribution in [0, 0.1) is 11.3 Å². The Morgan fingerprint density at radius 3 is 2.95 bits per heavy atom. The zero-order chi connectivity index (χ0) is 15.2. The van der Waals surface area contributed by atoms with E-state index in [0.717, 1.165) is 12.0 Å². The van der Waals surface area contributed by atoms with E-state index in [0.29, 0.717) is 23.1 Å². The molecule has 5 nitrogen and oxygen atoms in total. The van der Waals surface area contributed by atoms with E-state index in [1.807, 2.05) is 31.2 Å². The van der Waals surface area contributed by atoms with Crippen molar-refractivity contribution in [3.8, 4) is 11.8 Å². The summed E-state index contributed by atoms with van der Waals surface area (Å²) < 4.78 is 5.34. The third-order valence-corrected chi connectivity index (χ3v) is 3.24. The predicted molar refractivity (Wildman–Crippen MR) is 83.3 cm³/mol. The lowest BCUT2D eigenvalue weighted by atomic mass is 10.1. The molecule has 0 bridgehead atoms. The molecule has 2 rings (SSSR count). The summed E-state index contributed by atoms with van der Waals surface area (Å²) in [5, 5.41) is 11.9. The smallest absolute Gasteiger partial charge is 0.276 e. The standard InChI is InChI=1S/C15H15N3O2S/c1-2-8-18-14(19)12(17-15(18)21)10-11-5-3-4-6-13(11)20-9-7-16/h3-6,10H,2,8-9H2,1H3,(H,17,21)/b12-10-. The average molecular weight is 301 g/mol. The van der Waals surface area contributed by atoms with Crippen molar-refractivity contribution in [1.82, 2.24) is 10.2 Å². The Bertz CT molecular complexity index is 634. The van der Waals surface area contributed by atoms with Crippen LogP contribution in [0.4, 0.5) is 0 Å². The minimum atomic E-state index is -0.142. The first-order chi connectivity index (χ1) is 10.2. The molecule has 21 heavy (non-hydrogen) atoms. The number of thiocarbonyl (C=S) groups is 1. The van der Waals surface area contributed by atoms with Gasteiger partial charge in [-0.15, -0.1) is 0 Å². The molecule has 0 atom stereocenters. The summed E-state index contributed by atoms with van der Waals surface area (Å²) in [5.41, 5.74) is 1.14. The van der Waals surface area contributed by atoms with Gasteiger partial charge in [0.15, 0.2) is 11.7 Å². The number of ether oxygens (including phenoxy) is 1. The number of para-hydroxylation sites is 1. The number of hydrogen-bond acceptors (Lipinski definition) is 4. The van der Waals surface area contributed by atoms with Gasteiger partial charge >= 0.3 is 0 Å². The summed E-state index contributed by atoms with van der Waals surface area (Å²) >= 11 is 5.16. The second kappa shape index (κ2) is 6.86. The van der Waals surface area contributed by atoms with Crippen LogP contribution in [0.3, 0.4) is 0 Å². The van der Waals surface area contributed by atoms with Gasteiger partial charge in [0, 0.05) is 12.1 Å². The van der Waals surface area contributed by atoms with Gasteiger partial charge in [0.25, 0.3) is 5.91 Å². The molecule has 1 fully saturated rings. The van der Waals surface area contributed by atoms with Gasteiger partial charge in [0.1, 0.15) is 17.5 Å². The molecule has 108 valence electrons. The second-order valence-corrected chi connectivity index (χ2v) is 4.82. The number of nitrogens with zero attached hydrogens (tertiary/aromatic N) is 2. The van der Waals surface area contributed by atoms with E-state index in [9.17, 15) is 4.79 Å². The van der Waals surface area contributed by atoms with Crippen LogP contribution in [-0.4, -0.2) is 29.1 Å². The molecule has 1 aromatic rings. The topological polar surface area (TPSA) is 65.4 Å². The lowest BCUT2D eigenvalue weighted by Gasteiger charge is -2.11. The molecule has 1 saturated heterocycles.